The summed E-state index contributed by atoms with van der Waals surface area (Å²) in [6.45, 7) is 7.55. The Hall–Kier alpha value is -2.69. The Morgan fingerprint density at radius 3 is 1.68 bits per heavy atom. The van der Waals surface area contributed by atoms with Gasteiger partial charge in [-0.25, -0.2) is 0 Å². The Morgan fingerprint density at radius 2 is 1.22 bits per heavy atom. The molecule has 8 rings (SSSR count). The van der Waals surface area contributed by atoms with E-state index in [0.29, 0.717) is 6.61 Å². The Kier molecular flexibility index (Phi) is 6.59. The first kappa shape index (κ1) is 27.2. The molecule has 4 heteroatoms. The number of rotatable bonds is 8. The van der Waals surface area contributed by atoms with Gasteiger partial charge in [-0.05, 0) is 83.7 Å². The van der Waals surface area contributed by atoms with E-state index in [1.54, 1.807) is 0 Å². The number of hydrogen-bond donors (Lipinski definition) is 1. The molecular formula is C37H45NO2Si. The van der Waals surface area contributed by atoms with Crippen molar-refractivity contribution in [3.8, 4) is 0 Å². The first-order chi connectivity index (χ1) is 19.7. The Balaban J connectivity index is 1.22. The number of carbonyl (C=O) groups excluding carboxylic acids is 1. The second kappa shape index (κ2) is 9.95. The summed E-state index contributed by atoms with van der Waals surface area (Å²) in [4.78, 5) is 14.2. The van der Waals surface area contributed by atoms with Gasteiger partial charge in [0.05, 0.1) is 5.92 Å². The normalized spacial score (nSPS) is 32.1. The number of nitrogens with one attached hydrogen (secondary N) is 1. The van der Waals surface area contributed by atoms with Crippen molar-refractivity contribution in [3.63, 3.8) is 0 Å². The molecule has 3 aromatic rings. The third-order valence-electron chi connectivity index (χ3n) is 11.1. The van der Waals surface area contributed by atoms with Gasteiger partial charge in [-0.2, -0.15) is 0 Å². The van der Waals surface area contributed by atoms with E-state index in [4.69, 9.17) is 4.43 Å². The molecule has 4 bridgehead atoms. The largest absolute Gasteiger partial charge is 0.406 e. The van der Waals surface area contributed by atoms with Gasteiger partial charge in [0.25, 0.3) is 8.32 Å². The zero-order chi connectivity index (χ0) is 28.3. The van der Waals surface area contributed by atoms with Crippen molar-refractivity contribution >= 4 is 24.6 Å². The van der Waals surface area contributed by atoms with Crippen molar-refractivity contribution in [3.05, 3.63) is 96.6 Å². The van der Waals surface area contributed by atoms with Gasteiger partial charge in [-0.15, -0.1) is 0 Å². The van der Waals surface area contributed by atoms with Gasteiger partial charge in [0, 0.05) is 17.6 Å². The molecule has 0 saturated heterocycles. The van der Waals surface area contributed by atoms with Gasteiger partial charge >= 0.3 is 0 Å². The van der Waals surface area contributed by atoms with E-state index in [-0.39, 0.29) is 27.8 Å². The van der Waals surface area contributed by atoms with Gasteiger partial charge in [0.2, 0.25) is 5.91 Å². The van der Waals surface area contributed by atoms with Crippen molar-refractivity contribution < 1.29 is 9.22 Å². The molecule has 1 amide bonds. The van der Waals surface area contributed by atoms with E-state index in [2.05, 4.69) is 117 Å². The number of amides is 1. The van der Waals surface area contributed by atoms with Crippen LogP contribution in [0.3, 0.4) is 0 Å². The molecule has 0 radical (unpaired) electrons. The summed E-state index contributed by atoms with van der Waals surface area (Å²) in [5.41, 5.74) is 0.986. The quantitative estimate of drug-likeness (QED) is 0.314. The Morgan fingerprint density at radius 1 is 0.756 bits per heavy atom. The summed E-state index contributed by atoms with van der Waals surface area (Å²) in [6.07, 6.45) is 8.58. The van der Waals surface area contributed by atoms with Crippen LogP contribution in [-0.4, -0.2) is 26.4 Å². The third-order valence-corrected chi connectivity index (χ3v) is 16.1. The fourth-order valence-electron chi connectivity index (χ4n) is 9.59. The molecule has 1 N–H and O–H groups in total. The highest BCUT2D eigenvalue weighted by molar-refractivity contribution is 6.99. The van der Waals surface area contributed by atoms with Gasteiger partial charge < -0.3 is 9.74 Å². The monoisotopic (exact) mass is 563 g/mol. The average molecular weight is 564 g/mol. The predicted molar refractivity (Wildman–Crippen MR) is 169 cm³/mol. The minimum Gasteiger partial charge on any atom is -0.406 e. The van der Waals surface area contributed by atoms with Crippen LogP contribution in [0.2, 0.25) is 5.04 Å². The Labute approximate surface area is 247 Å². The molecule has 0 heterocycles. The van der Waals surface area contributed by atoms with E-state index in [1.807, 2.05) is 0 Å². The molecular weight excluding hydrogens is 518 g/mol. The number of benzene rings is 3. The van der Waals surface area contributed by atoms with Crippen LogP contribution in [0.1, 0.15) is 71.3 Å². The third kappa shape index (κ3) is 4.62. The summed E-state index contributed by atoms with van der Waals surface area (Å²) in [7, 11) is -2.72. The topological polar surface area (TPSA) is 38.3 Å². The molecule has 5 aliphatic rings. The minimum atomic E-state index is -2.72. The lowest BCUT2D eigenvalue weighted by Gasteiger charge is -2.57. The molecule has 3 nitrogen and oxygen atoms in total. The van der Waals surface area contributed by atoms with Crippen molar-refractivity contribution in [2.75, 3.05) is 6.61 Å². The van der Waals surface area contributed by atoms with Crippen LogP contribution in [0, 0.1) is 23.7 Å². The van der Waals surface area contributed by atoms with Crippen LogP contribution in [0.25, 0.3) is 0 Å². The lowest BCUT2D eigenvalue weighted by molar-refractivity contribution is -0.128. The molecule has 214 valence electrons. The van der Waals surface area contributed by atoms with Crippen LogP contribution >= 0.6 is 0 Å². The zero-order valence-electron chi connectivity index (χ0n) is 24.9. The van der Waals surface area contributed by atoms with Gasteiger partial charge in [0.15, 0.2) is 0 Å². The predicted octanol–water partition coefficient (Wildman–Crippen LogP) is 6.61. The zero-order valence-corrected chi connectivity index (χ0v) is 25.9. The average Bonchev–Trinajstić information content (AvgIpc) is 3.70. The van der Waals surface area contributed by atoms with E-state index in [1.165, 1.54) is 54.5 Å². The molecule has 0 aromatic heterocycles. The molecule has 0 spiro atoms. The van der Waals surface area contributed by atoms with E-state index >= 15 is 0 Å². The first-order valence-corrected chi connectivity index (χ1v) is 17.8. The van der Waals surface area contributed by atoms with Crippen LogP contribution in [-0.2, 0) is 14.6 Å². The van der Waals surface area contributed by atoms with Gasteiger partial charge in [0.1, 0.15) is 0 Å². The van der Waals surface area contributed by atoms with E-state index < -0.39 is 8.32 Å². The van der Waals surface area contributed by atoms with Crippen LogP contribution < -0.4 is 15.7 Å². The molecule has 0 aliphatic heterocycles. The second-order valence-corrected chi connectivity index (χ2v) is 19.2. The number of hydrogen-bond acceptors (Lipinski definition) is 2. The van der Waals surface area contributed by atoms with Crippen molar-refractivity contribution in [1.82, 2.24) is 5.32 Å². The van der Waals surface area contributed by atoms with Gasteiger partial charge in [-0.3, -0.25) is 4.79 Å². The molecule has 5 fully saturated rings. The van der Waals surface area contributed by atoms with Crippen LogP contribution in [0.15, 0.2) is 91.0 Å². The highest BCUT2D eigenvalue weighted by Gasteiger charge is 2.63. The summed E-state index contributed by atoms with van der Waals surface area (Å²) in [5, 5.41) is 6.20. The van der Waals surface area contributed by atoms with Crippen molar-refractivity contribution in [2.24, 2.45) is 23.7 Å². The SMILES string of the molecule is CC(C)(C)[Si](OC[C@@]1(c2ccccc2)C[C@H]1C(=O)NC12CC3CC(CC(C3)C1)C2)(c1ccccc1)c1ccccc1. The van der Waals surface area contributed by atoms with E-state index in [9.17, 15) is 4.79 Å². The van der Waals surface area contributed by atoms with Crippen LogP contribution in [0.5, 0.6) is 0 Å². The molecule has 0 unspecified atom stereocenters. The molecule has 5 saturated carbocycles. The second-order valence-electron chi connectivity index (χ2n) is 14.9. The highest BCUT2D eigenvalue weighted by atomic mass is 28.4. The Bertz CT molecular complexity index is 1310. The fraction of sp³-hybridized carbons (Fsp3) is 0.486. The summed E-state index contributed by atoms with van der Waals surface area (Å²) in [5.74, 6) is 2.67. The summed E-state index contributed by atoms with van der Waals surface area (Å²) >= 11 is 0. The van der Waals surface area contributed by atoms with E-state index in [0.717, 1.165) is 24.2 Å². The number of carbonyl (C=O) groups is 1. The van der Waals surface area contributed by atoms with Gasteiger partial charge in [-0.1, -0.05) is 112 Å². The van der Waals surface area contributed by atoms with Crippen molar-refractivity contribution in [2.45, 2.75) is 81.7 Å². The lowest BCUT2D eigenvalue weighted by Crippen LogP contribution is -2.67. The van der Waals surface area contributed by atoms with Crippen LogP contribution in [0.4, 0.5) is 0 Å². The summed E-state index contributed by atoms with van der Waals surface area (Å²) < 4.78 is 7.48. The molecule has 41 heavy (non-hydrogen) atoms. The smallest absolute Gasteiger partial charge is 0.261 e. The standard InChI is InChI=1S/C37H45NO2Si/c1-35(2,3)41(31-15-9-5-10-16-31,32-17-11-6-12-18-32)40-26-37(30-13-7-4-8-14-30)25-33(37)34(39)38-36-22-27-19-28(23-36)21-29(20-27)24-36/h4-18,27-29,33H,19-26H2,1-3H3,(H,38,39)/t27?,28?,29?,33-,36?,37+/m0/s1. The van der Waals surface area contributed by atoms with Crippen molar-refractivity contribution in [1.29, 1.82) is 0 Å². The molecule has 3 aromatic carbocycles. The fourth-order valence-corrected chi connectivity index (χ4v) is 14.2. The maximum atomic E-state index is 14.2. The maximum absolute atomic E-state index is 14.2. The molecule has 2 atom stereocenters. The molecule has 5 aliphatic carbocycles. The highest BCUT2D eigenvalue weighted by Crippen LogP contribution is 2.58. The minimum absolute atomic E-state index is 0.0374. The lowest BCUT2D eigenvalue weighted by atomic mass is 9.53. The summed E-state index contributed by atoms with van der Waals surface area (Å²) in [6, 6.07) is 32.5. The first-order valence-electron chi connectivity index (χ1n) is 15.9. The maximum Gasteiger partial charge on any atom is 0.261 e.